The van der Waals surface area contributed by atoms with E-state index in [4.69, 9.17) is 11.0 Å². The van der Waals surface area contributed by atoms with Gasteiger partial charge in [0.1, 0.15) is 17.5 Å². The van der Waals surface area contributed by atoms with Gasteiger partial charge in [-0.3, -0.25) is 4.79 Å². The van der Waals surface area contributed by atoms with Gasteiger partial charge in [0.15, 0.2) is 5.78 Å². The number of carbonyl (C=O) groups excluding carboxylic acids is 1. The number of nitrogens with zero attached hydrogens (tertiary/aromatic N) is 6. The van der Waals surface area contributed by atoms with Gasteiger partial charge in [-0.2, -0.15) is 0 Å². The van der Waals surface area contributed by atoms with Crippen molar-refractivity contribution in [2.24, 2.45) is 7.05 Å². The summed E-state index contributed by atoms with van der Waals surface area (Å²) in [7, 11) is 1.91. The van der Waals surface area contributed by atoms with Crippen LogP contribution in [0, 0.1) is 6.92 Å². The van der Waals surface area contributed by atoms with Gasteiger partial charge >= 0.3 is 0 Å². The number of pyridine rings is 1. The van der Waals surface area contributed by atoms with Gasteiger partial charge in [0, 0.05) is 48.9 Å². The number of ether oxygens (including phenoxy) is 1. The summed E-state index contributed by atoms with van der Waals surface area (Å²) in [5, 5.41) is 0.769. The van der Waals surface area contributed by atoms with Gasteiger partial charge in [-0.1, -0.05) is 12.1 Å². The zero-order valence-corrected chi connectivity index (χ0v) is 17.3. The molecule has 3 aromatic heterocycles. The summed E-state index contributed by atoms with van der Waals surface area (Å²) in [4.78, 5) is 30.5. The Balaban J connectivity index is 1.46. The van der Waals surface area contributed by atoms with E-state index in [2.05, 4.69) is 24.7 Å². The zero-order chi connectivity index (χ0) is 29.3. The van der Waals surface area contributed by atoms with Crippen molar-refractivity contribution in [3.8, 4) is 11.3 Å². The lowest BCUT2D eigenvalue weighted by molar-refractivity contribution is 0.0990. The number of aryl methyl sites for hydroxylation is 1. The molecule has 1 aliphatic rings. The van der Waals surface area contributed by atoms with Crippen LogP contribution in [-0.4, -0.2) is 56.4 Å². The fourth-order valence-electron chi connectivity index (χ4n) is 3.34. The van der Waals surface area contributed by atoms with Crippen LogP contribution in [0.4, 0.5) is 5.82 Å². The second-order valence-electron chi connectivity index (χ2n) is 7.18. The zero-order valence-electron chi connectivity index (χ0n) is 25.3. The Bertz CT molecular complexity index is 1610. The number of fused-ring (bicyclic) bond motifs is 1. The molecule has 1 aromatic carbocycles. The molecule has 162 valence electrons. The van der Waals surface area contributed by atoms with Crippen LogP contribution in [-0.2, 0) is 18.2 Å². The van der Waals surface area contributed by atoms with Gasteiger partial charge in [0.2, 0.25) is 0 Å². The van der Waals surface area contributed by atoms with Crippen molar-refractivity contribution in [1.29, 1.82) is 0 Å². The number of rotatable bonds is 5. The number of aromatic nitrogens is 5. The number of imidazole rings is 1. The van der Waals surface area contributed by atoms with Crippen molar-refractivity contribution in [3.05, 3.63) is 66.1 Å². The van der Waals surface area contributed by atoms with Crippen LogP contribution in [0.3, 0.4) is 0 Å². The van der Waals surface area contributed by atoms with Crippen LogP contribution < -0.4 is 4.90 Å². The molecule has 0 aliphatic carbocycles. The fraction of sp³-hybridized carbons (Fsp3) is 0.292. The highest BCUT2D eigenvalue weighted by atomic mass is 16.5. The Kier molecular flexibility index (Phi) is 3.45. The van der Waals surface area contributed by atoms with Gasteiger partial charge in [-0.05, 0) is 25.1 Å². The molecule has 0 amide bonds. The molecule has 0 N–H and O–H groups in total. The summed E-state index contributed by atoms with van der Waals surface area (Å²) in [5.41, 5.74) is 2.41. The quantitative estimate of drug-likeness (QED) is 0.445. The highest BCUT2D eigenvalue weighted by Gasteiger charge is 2.16. The average Bonchev–Trinajstić information content (AvgIpc) is 3.20. The molecule has 1 aliphatic heterocycles. The Morgan fingerprint density at radius 2 is 1.97 bits per heavy atom. The Labute approximate surface area is 197 Å². The first-order valence-electron chi connectivity index (χ1n) is 13.8. The number of hydrogen-bond acceptors (Lipinski definition) is 7. The molecule has 0 unspecified atom stereocenters. The third kappa shape index (κ3) is 3.97. The highest BCUT2D eigenvalue weighted by Crippen LogP contribution is 2.24. The topological polar surface area (TPSA) is 86.0 Å². The second kappa shape index (κ2) is 8.47. The number of ketones is 1. The van der Waals surface area contributed by atoms with Gasteiger partial charge in [0.25, 0.3) is 0 Å². The van der Waals surface area contributed by atoms with Crippen LogP contribution in [0.25, 0.3) is 22.2 Å². The highest BCUT2D eigenvalue weighted by molar-refractivity contribution is 5.98. The van der Waals surface area contributed by atoms with E-state index >= 15 is 0 Å². The van der Waals surface area contributed by atoms with E-state index in [0.29, 0.717) is 5.52 Å². The van der Waals surface area contributed by atoms with Crippen molar-refractivity contribution >= 4 is 22.5 Å². The maximum atomic E-state index is 13.2. The molecule has 5 rings (SSSR count). The maximum absolute atomic E-state index is 13.2. The molecular formula is C24H24N6O2. The lowest BCUT2D eigenvalue weighted by Gasteiger charge is -2.27. The number of morpholine rings is 1. The van der Waals surface area contributed by atoms with E-state index in [1.54, 1.807) is 12.4 Å². The second-order valence-corrected chi connectivity index (χ2v) is 7.18. The molecule has 1 fully saturated rings. The predicted octanol–water partition coefficient (Wildman–Crippen LogP) is 3.00. The number of hydrogen-bond donors (Lipinski definition) is 0. The van der Waals surface area contributed by atoms with Crippen LogP contribution in [0.15, 0.2) is 48.9 Å². The van der Waals surface area contributed by atoms with E-state index in [0.717, 1.165) is 34.7 Å². The number of benzene rings is 1. The van der Waals surface area contributed by atoms with Gasteiger partial charge < -0.3 is 14.2 Å². The lowest BCUT2D eigenvalue weighted by Crippen LogP contribution is -2.36. The first kappa shape index (κ1) is 13.0. The van der Waals surface area contributed by atoms with Crippen LogP contribution in [0.1, 0.15) is 33.0 Å². The van der Waals surface area contributed by atoms with E-state index in [9.17, 15) is 4.79 Å². The molecule has 0 saturated carbocycles. The summed E-state index contributed by atoms with van der Waals surface area (Å²) in [6.45, 7) is -10.9. The molecule has 1 saturated heterocycles. The fourth-order valence-corrected chi connectivity index (χ4v) is 3.34. The molecule has 0 atom stereocenters. The van der Waals surface area contributed by atoms with Crippen molar-refractivity contribution < 1.29 is 20.5 Å². The first-order chi connectivity index (χ1) is 18.5. The molecule has 0 radical (unpaired) electrons. The van der Waals surface area contributed by atoms with Gasteiger partial charge in [-0.15, -0.1) is 0 Å². The van der Waals surface area contributed by atoms with Crippen molar-refractivity contribution in [2.75, 3.05) is 31.0 Å². The Hall–Kier alpha value is -3.65. The molecule has 0 spiro atoms. The van der Waals surface area contributed by atoms with Crippen molar-refractivity contribution in [3.63, 3.8) is 0 Å². The average molecular weight is 437 g/mol. The largest absolute Gasteiger partial charge is 0.378 e. The first-order valence-corrected chi connectivity index (χ1v) is 9.79. The normalized spacial score (nSPS) is 24.1. The van der Waals surface area contributed by atoms with Gasteiger partial charge in [0.05, 0.1) is 47.9 Å². The summed E-state index contributed by atoms with van der Waals surface area (Å²) in [5.74, 6) is 0.111. The summed E-state index contributed by atoms with van der Waals surface area (Å²) >= 11 is 0. The minimum atomic E-state index is -3.24. The molecule has 0 bridgehead atoms. The number of carbonyl (C=O) groups is 1. The molecule has 32 heavy (non-hydrogen) atoms. The van der Waals surface area contributed by atoms with Crippen molar-refractivity contribution in [1.82, 2.24) is 24.5 Å². The Morgan fingerprint density at radius 1 is 1.12 bits per heavy atom. The Morgan fingerprint density at radius 3 is 2.75 bits per heavy atom. The lowest BCUT2D eigenvalue weighted by atomic mass is 10.1. The van der Waals surface area contributed by atoms with Gasteiger partial charge in [-0.25, -0.2) is 19.9 Å². The number of Topliss-reactive ketones (excluding diaryl/α,β-unsaturated/α-hetero) is 1. The minimum Gasteiger partial charge on any atom is -0.378 e. The molecule has 8 heteroatoms. The summed E-state index contributed by atoms with van der Waals surface area (Å²) < 4.78 is 70.9. The minimum absolute atomic E-state index is 0.00650. The van der Waals surface area contributed by atoms with Crippen LogP contribution >= 0.6 is 0 Å². The van der Waals surface area contributed by atoms with E-state index in [-0.39, 0.29) is 22.7 Å². The molecule has 4 aromatic rings. The summed E-state index contributed by atoms with van der Waals surface area (Å²) in [6, 6.07) is 8.09. The smallest absolute Gasteiger partial charge is 0.170 e. The predicted molar refractivity (Wildman–Crippen MR) is 122 cm³/mol. The maximum Gasteiger partial charge on any atom is 0.170 e. The SMILES string of the molecule is [2H]C1([2H])OC([2H])([2H])C([2H])([2H])N(c2cc(C(=O)Cc3ncc4ccc(-c5cnc(C)n5C)cc4n3)ccn2)C1([2H])[2H]. The monoisotopic (exact) mass is 436 g/mol. The molecule has 4 heterocycles. The third-order valence-corrected chi connectivity index (χ3v) is 5.18. The third-order valence-electron chi connectivity index (χ3n) is 5.18. The van der Waals surface area contributed by atoms with E-state index in [1.807, 2.05) is 36.7 Å². The molecule has 8 nitrogen and oxygen atoms in total. The van der Waals surface area contributed by atoms with E-state index in [1.165, 1.54) is 6.07 Å². The van der Waals surface area contributed by atoms with E-state index < -0.39 is 37.7 Å². The van der Waals surface area contributed by atoms with Crippen molar-refractivity contribution in [2.45, 2.75) is 13.3 Å². The molecular weight excluding hydrogens is 404 g/mol. The van der Waals surface area contributed by atoms with Crippen LogP contribution in [0.5, 0.6) is 0 Å². The standard InChI is InChI=1S/C24H24N6O2/c1-16-26-15-21(29(16)2)17-3-4-19-14-27-23(28-20(19)11-17)13-22(31)18-5-6-25-24(12-18)30-7-9-32-10-8-30/h3-6,11-12,14-15H,7-10,13H2,1-2H3/i7D2,8D2,9D2,10D2. The summed E-state index contributed by atoms with van der Waals surface area (Å²) in [6.07, 6.45) is 4.26. The van der Waals surface area contributed by atoms with Crippen LogP contribution in [0.2, 0.25) is 0 Å². The number of anilines is 1.